The van der Waals surface area contributed by atoms with Gasteiger partial charge in [-0.15, -0.1) is 0 Å². The molecule has 6 nitrogen and oxygen atoms in total. The first-order valence-corrected chi connectivity index (χ1v) is 7.06. The van der Waals surface area contributed by atoms with E-state index in [4.69, 9.17) is 25.2 Å². The minimum atomic E-state index is -0.598. The van der Waals surface area contributed by atoms with E-state index in [2.05, 4.69) is 21.1 Å². The molecule has 0 atom stereocenters. The molecule has 0 aromatic heterocycles. The summed E-state index contributed by atoms with van der Waals surface area (Å²) in [7, 11) is 1.60. The average molecular weight is 365 g/mol. The van der Waals surface area contributed by atoms with Crippen LogP contribution in [0, 0.1) is 5.82 Å². The van der Waals surface area contributed by atoms with Crippen molar-refractivity contribution in [3.8, 4) is 5.75 Å². The number of benzene rings is 1. The van der Waals surface area contributed by atoms with Gasteiger partial charge in [0.25, 0.3) is 0 Å². The van der Waals surface area contributed by atoms with Gasteiger partial charge in [0, 0.05) is 25.7 Å². The Hall–Kier alpha value is -1.38. The predicted octanol–water partition coefficient (Wildman–Crippen LogP) is 2.11. The third-order valence-corrected chi connectivity index (χ3v) is 3.33. The van der Waals surface area contributed by atoms with E-state index in [-0.39, 0.29) is 21.6 Å². The molecule has 1 aromatic rings. The third kappa shape index (κ3) is 5.49. The summed E-state index contributed by atoms with van der Waals surface area (Å²) in [6.45, 7) is 1.89. The monoisotopic (exact) mass is 364 g/mol. The van der Waals surface area contributed by atoms with Crippen LogP contribution in [-0.4, -0.2) is 44.6 Å². The fourth-order valence-electron chi connectivity index (χ4n) is 1.48. The normalized spacial score (nSPS) is 11.7. The summed E-state index contributed by atoms with van der Waals surface area (Å²) in [6.07, 6.45) is 0.628. The number of amidine groups is 1. The van der Waals surface area contributed by atoms with Gasteiger partial charge in [0.05, 0.1) is 24.3 Å². The first-order chi connectivity index (χ1) is 10.1. The topological polar surface area (TPSA) is 86.3 Å². The maximum atomic E-state index is 14.0. The molecule has 0 fully saturated rings. The minimum absolute atomic E-state index is 0.0895. The van der Waals surface area contributed by atoms with E-state index in [9.17, 15) is 4.39 Å². The van der Waals surface area contributed by atoms with Crippen molar-refractivity contribution in [3.05, 3.63) is 28.0 Å². The van der Waals surface area contributed by atoms with E-state index in [0.29, 0.717) is 32.8 Å². The molecule has 1 rings (SSSR count). The van der Waals surface area contributed by atoms with Crippen LogP contribution < -0.4 is 10.5 Å². The van der Waals surface area contributed by atoms with Gasteiger partial charge in [-0.3, -0.25) is 0 Å². The van der Waals surface area contributed by atoms with Gasteiger partial charge in [0.1, 0.15) is 0 Å². The smallest absolute Gasteiger partial charge is 0.179 e. The van der Waals surface area contributed by atoms with Crippen molar-refractivity contribution in [2.24, 2.45) is 10.9 Å². The lowest BCUT2D eigenvalue weighted by atomic mass is 10.2. The van der Waals surface area contributed by atoms with Gasteiger partial charge in [-0.2, -0.15) is 0 Å². The lowest BCUT2D eigenvalue weighted by Crippen LogP contribution is -2.15. The highest BCUT2D eigenvalue weighted by atomic mass is 79.9. The molecule has 21 heavy (non-hydrogen) atoms. The molecule has 118 valence electrons. The highest BCUT2D eigenvalue weighted by Gasteiger charge is 2.14. The summed E-state index contributed by atoms with van der Waals surface area (Å²) in [5.74, 6) is -0.688. The summed E-state index contributed by atoms with van der Waals surface area (Å²) in [4.78, 5) is 0. The van der Waals surface area contributed by atoms with Crippen LogP contribution in [0.3, 0.4) is 0 Å². The molecule has 0 saturated carbocycles. The molecular weight excluding hydrogens is 347 g/mol. The van der Waals surface area contributed by atoms with Gasteiger partial charge in [-0.05, 0) is 28.1 Å². The SMILES string of the molecule is COCCOCCCOc1ccc(/C(N)=N/O)c(Br)c1F. The lowest BCUT2D eigenvalue weighted by Gasteiger charge is -2.10. The van der Waals surface area contributed by atoms with Gasteiger partial charge in [0.2, 0.25) is 0 Å². The Labute approximate surface area is 130 Å². The van der Waals surface area contributed by atoms with Crippen molar-refractivity contribution in [3.63, 3.8) is 0 Å². The lowest BCUT2D eigenvalue weighted by molar-refractivity contribution is 0.0642. The van der Waals surface area contributed by atoms with Crippen LogP contribution in [0.25, 0.3) is 0 Å². The first-order valence-electron chi connectivity index (χ1n) is 6.27. The van der Waals surface area contributed by atoms with Crippen LogP contribution in [0.5, 0.6) is 5.75 Å². The third-order valence-electron chi connectivity index (χ3n) is 2.55. The summed E-state index contributed by atoms with van der Waals surface area (Å²) in [5, 5.41) is 11.4. The van der Waals surface area contributed by atoms with Crippen molar-refractivity contribution in [2.75, 3.05) is 33.5 Å². The Morgan fingerprint density at radius 2 is 2.10 bits per heavy atom. The number of ether oxygens (including phenoxy) is 3. The van der Waals surface area contributed by atoms with E-state index < -0.39 is 5.82 Å². The minimum Gasteiger partial charge on any atom is -0.490 e. The number of nitrogens with zero attached hydrogens (tertiary/aromatic N) is 1. The largest absolute Gasteiger partial charge is 0.490 e. The Morgan fingerprint density at radius 1 is 1.33 bits per heavy atom. The average Bonchev–Trinajstić information content (AvgIpc) is 2.49. The van der Waals surface area contributed by atoms with Crippen molar-refractivity contribution in [1.82, 2.24) is 0 Å². The zero-order valence-corrected chi connectivity index (χ0v) is 13.2. The number of oxime groups is 1. The van der Waals surface area contributed by atoms with Crippen LogP contribution >= 0.6 is 15.9 Å². The van der Waals surface area contributed by atoms with Crippen molar-refractivity contribution < 1.29 is 23.8 Å². The molecule has 3 N–H and O–H groups in total. The zero-order chi connectivity index (χ0) is 15.7. The zero-order valence-electron chi connectivity index (χ0n) is 11.6. The summed E-state index contributed by atoms with van der Waals surface area (Å²) in [5.41, 5.74) is 5.68. The second-order valence-electron chi connectivity index (χ2n) is 4.03. The van der Waals surface area contributed by atoms with Crippen LogP contribution in [-0.2, 0) is 9.47 Å². The van der Waals surface area contributed by atoms with Gasteiger partial charge in [-0.25, -0.2) is 4.39 Å². The van der Waals surface area contributed by atoms with Gasteiger partial charge in [0.15, 0.2) is 17.4 Å². The number of hydrogen-bond acceptors (Lipinski definition) is 5. The van der Waals surface area contributed by atoms with Crippen LogP contribution in [0.4, 0.5) is 4.39 Å². The van der Waals surface area contributed by atoms with Crippen LogP contribution in [0.1, 0.15) is 12.0 Å². The number of methoxy groups -OCH3 is 1. The fraction of sp³-hybridized carbons (Fsp3) is 0.462. The van der Waals surface area contributed by atoms with Crippen molar-refractivity contribution in [1.29, 1.82) is 0 Å². The number of nitrogens with two attached hydrogens (primary N) is 1. The van der Waals surface area contributed by atoms with Crippen molar-refractivity contribution >= 4 is 21.8 Å². The second kappa shape index (κ2) is 9.54. The molecule has 0 bridgehead atoms. The number of halogens is 2. The standard InChI is InChI=1S/C13H18BrFN2O4/c1-19-7-8-20-5-2-6-21-10-4-3-9(13(16)17-18)11(14)12(10)15/h3-4,18H,2,5-8H2,1H3,(H2,16,17). The van der Waals surface area contributed by atoms with E-state index in [1.807, 2.05) is 0 Å². The second-order valence-corrected chi connectivity index (χ2v) is 4.82. The molecule has 0 amide bonds. The maximum absolute atomic E-state index is 14.0. The molecule has 0 aliphatic rings. The molecule has 0 unspecified atom stereocenters. The molecule has 0 saturated heterocycles. The van der Waals surface area contributed by atoms with Gasteiger partial charge >= 0.3 is 0 Å². The Morgan fingerprint density at radius 3 is 2.76 bits per heavy atom. The summed E-state index contributed by atoms with van der Waals surface area (Å²) < 4.78 is 29.5. The van der Waals surface area contributed by atoms with E-state index >= 15 is 0 Å². The molecule has 0 aliphatic carbocycles. The molecule has 1 aromatic carbocycles. The predicted molar refractivity (Wildman–Crippen MR) is 79.4 cm³/mol. The van der Waals surface area contributed by atoms with Crippen LogP contribution in [0.15, 0.2) is 21.8 Å². The molecule has 0 spiro atoms. The summed E-state index contributed by atoms with van der Waals surface area (Å²) in [6, 6.07) is 2.94. The Bertz CT molecular complexity index is 485. The highest BCUT2D eigenvalue weighted by Crippen LogP contribution is 2.28. The van der Waals surface area contributed by atoms with Gasteiger partial charge < -0.3 is 25.2 Å². The van der Waals surface area contributed by atoms with E-state index in [1.165, 1.54) is 12.1 Å². The molecular formula is C13H18BrFN2O4. The first kappa shape index (κ1) is 17.7. The van der Waals surface area contributed by atoms with E-state index in [0.717, 1.165) is 0 Å². The Balaban J connectivity index is 2.48. The quantitative estimate of drug-likeness (QED) is 0.230. The molecule has 8 heteroatoms. The molecule has 0 radical (unpaired) electrons. The number of hydrogen-bond donors (Lipinski definition) is 2. The fourth-order valence-corrected chi connectivity index (χ4v) is 2.01. The summed E-state index contributed by atoms with van der Waals surface area (Å²) >= 11 is 3.06. The maximum Gasteiger partial charge on any atom is 0.179 e. The van der Waals surface area contributed by atoms with E-state index in [1.54, 1.807) is 7.11 Å². The Kier molecular flexibility index (Phi) is 8.03. The number of rotatable bonds is 9. The van der Waals surface area contributed by atoms with Gasteiger partial charge in [-0.1, -0.05) is 5.16 Å². The highest BCUT2D eigenvalue weighted by molar-refractivity contribution is 9.10. The molecule has 0 aliphatic heterocycles. The van der Waals surface area contributed by atoms with Crippen LogP contribution in [0.2, 0.25) is 0 Å². The molecule has 0 heterocycles. The van der Waals surface area contributed by atoms with Crippen molar-refractivity contribution in [2.45, 2.75) is 6.42 Å².